The summed E-state index contributed by atoms with van der Waals surface area (Å²) in [4.78, 5) is 9.97. The van der Waals surface area contributed by atoms with Gasteiger partial charge in [-0.1, -0.05) is 44.5 Å². The predicted molar refractivity (Wildman–Crippen MR) is 115 cm³/mol. The number of nitrogens with zero attached hydrogens (tertiary/aromatic N) is 2. The molecule has 0 amide bonds. The molecule has 1 aromatic heterocycles. The zero-order chi connectivity index (χ0) is 20.6. The summed E-state index contributed by atoms with van der Waals surface area (Å²) >= 11 is 6.10. The summed E-state index contributed by atoms with van der Waals surface area (Å²) in [7, 11) is -3.79. The van der Waals surface area contributed by atoms with E-state index >= 15 is 0 Å². The van der Waals surface area contributed by atoms with Crippen molar-refractivity contribution in [3.63, 3.8) is 0 Å². The molecule has 29 heavy (non-hydrogen) atoms. The molecule has 1 saturated carbocycles. The second-order valence-corrected chi connectivity index (χ2v) is 10.9. The first-order chi connectivity index (χ1) is 13.6. The van der Waals surface area contributed by atoms with Crippen LogP contribution in [0.5, 0.6) is 0 Å². The van der Waals surface area contributed by atoms with Crippen LogP contribution >= 0.6 is 11.6 Å². The maximum atomic E-state index is 12.9. The van der Waals surface area contributed by atoms with Crippen LogP contribution in [-0.4, -0.2) is 18.4 Å². The van der Waals surface area contributed by atoms with Crippen LogP contribution < -0.4 is 4.72 Å². The van der Waals surface area contributed by atoms with E-state index in [4.69, 9.17) is 21.6 Å². The average molecular weight is 428 g/mol. The molecule has 3 aromatic rings. The van der Waals surface area contributed by atoms with Gasteiger partial charge < -0.3 is 0 Å². The number of para-hydroxylation sites is 1. The fraction of sp³-hybridized carbons (Fsp3) is 0.364. The van der Waals surface area contributed by atoms with Crippen molar-refractivity contribution in [2.45, 2.75) is 49.8 Å². The van der Waals surface area contributed by atoms with Gasteiger partial charge in [-0.15, -0.1) is 0 Å². The molecule has 1 fully saturated rings. The Hall–Kier alpha value is -2.18. The van der Waals surface area contributed by atoms with Crippen molar-refractivity contribution in [3.05, 3.63) is 58.9 Å². The summed E-state index contributed by atoms with van der Waals surface area (Å²) in [6.07, 6.45) is 2.22. The maximum Gasteiger partial charge on any atom is 0.262 e. The number of sulfonamides is 1. The summed E-state index contributed by atoms with van der Waals surface area (Å²) in [5.74, 6) is 0.362. The number of nitrogens with one attached hydrogen (secondary N) is 1. The topological polar surface area (TPSA) is 72.0 Å². The zero-order valence-electron chi connectivity index (χ0n) is 16.5. The first-order valence-electron chi connectivity index (χ1n) is 9.73. The third kappa shape index (κ3) is 2.55. The molecule has 0 radical (unpaired) electrons. The van der Waals surface area contributed by atoms with Gasteiger partial charge in [0, 0.05) is 11.3 Å². The van der Waals surface area contributed by atoms with Crippen molar-refractivity contribution < 1.29 is 8.42 Å². The third-order valence-corrected chi connectivity index (χ3v) is 8.86. The molecule has 2 bridgehead atoms. The van der Waals surface area contributed by atoms with E-state index in [0.29, 0.717) is 22.1 Å². The van der Waals surface area contributed by atoms with Crippen LogP contribution in [0.4, 0.5) is 5.69 Å². The van der Waals surface area contributed by atoms with Crippen LogP contribution in [0.2, 0.25) is 5.02 Å². The van der Waals surface area contributed by atoms with E-state index < -0.39 is 10.0 Å². The Kier molecular flexibility index (Phi) is 3.84. The van der Waals surface area contributed by atoms with Crippen molar-refractivity contribution in [3.8, 4) is 0 Å². The van der Waals surface area contributed by atoms with E-state index in [2.05, 4.69) is 25.5 Å². The van der Waals surface area contributed by atoms with Gasteiger partial charge in [0.1, 0.15) is 0 Å². The summed E-state index contributed by atoms with van der Waals surface area (Å²) in [5, 5.41) is 0.348. The molecule has 2 atom stereocenters. The number of fused-ring (bicyclic) bond motifs is 6. The third-order valence-electron chi connectivity index (χ3n) is 7.17. The molecular weight excluding hydrogens is 406 g/mol. The summed E-state index contributed by atoms with van der Waals surface area (Å²) < 4.78 is 28.3. The van der Waals surface area contributed by atoms with Crippen molar-refractivity contribution in [1.29, 1.82) is 0 Å². The van der Waals surface area contributed by atoms with Crippen molar-refractivity contribution in [1.82, 2.24) is 9.97 Å². The first-order valence-corrected chi connectivity index (χ1v) is 11.6. The van der Waals surface area contributed by atoms with Crippen LogP contribution in [0, 0.1) is 5.41 Å². The van der Waals surface area contributed by atoms with Crippen LogP contribution in [0.25, 0.3) is 11.0 Å². The second kappa shape index (κ2) is 5.92. The van der Waals surface area contributed by atoms with Crippen molar-refractivity contribution in [2.24, 2.45) is 5.41 Å². The minimum Gasteiger partial charge on any atom is -0.278 e. The van der Waals surface area contributed by atoms with Gasteiger partial charge in [0.15, 0.2) is 0 Å². The van der Waals surface area contributed by atoms with Crippen LogP contribution in [-0.2, 0) is 15.4 Å². The number of benzene rings is 2. The van der Waals surface area contributed by atoms with Gasteiger partial charge in [0.05, 0.1) is 38.0 Å². The van der Waals surface area contributed by atoms with Crippen LogP contribution in [0.15, 0.2) is 47.4 Å². The van der Waals surface area contributed by atoms with Crippen molar-refractivity contribution in [2.75, 3.05) is 4.72 Å². The Morgan fingerprint density at radius 1 is 1.07 bits per heavy atom. The van der Waals surface area contributed by atoms with E-state index in [1.54, 1.807) is 42.5 Å². The normalized spacial score (nSPS) is 24.6. The molecule has 150 valence electrons. The number of aromatic nitrogens is 2. The Balaban J connectivity index is 1.59. The molecule has 0 spiro atoms. The maximum absolute atomic E-state index is 12.9. The first kappa shape index (κ1) is 18.8. The van der Waals surface area contributed by atoms with E-state index in [1.807, 2.05) is 0 Å². The van der Waals surface area contributed by atoms with E-state index in [1.165, 1.54) is 0 Å². The molecule has 2 aromatic carbocycles. The molecule has 1 N–H and O–H groups in total. The highest BCUT2D eigenvalue weighted by molar-refractivity contribution is 7.92. The van der Waals surface area contributed by atoms with Gasteiger partial charge in [-0.05, 0) is 48.6 Å². The predicted octanol–water partition coefficient (Wildman–Crippen LogP) is 5.26. The lowest BCUT2D eigenvalue weighted by Crippen LogP contribution is -2.31. The number of anilines is 1. The Labute approximate surface area is 175 Å². The number of hydrogen-bond donors (Lipinski definition) is 1. The minimum atomic E-state index is -3.79. The van der Waals surface area contributed by atoms with Gasteiger partial charge in [-0.25, -0.2) is 18.4 Å². The molecule has 0 unspecified atom stereocenters. The lowest BCUT2D eigenvalue weighted by atomic mass is 9.70. The van der Waals surface area contributed by atoms with E-state index in [-0.39, 0.29) is 15.7 Å². The summed E-state index contributed by atoms with van der Waals surface area (Å²) in [5.41, 5.74) is 3.92. The standard InChI is InChI=1S/C22H22ClN3O2S/c1-21(2)14-10-11-22(21,3)20-19(14)24-18-12-13(8-9-17(18)25-20)29(27,28)26-16-7-5-4-6-15(16)23/h4-9,12,14,26H,10-11H2,1-3H3/t14-,22-/m1/s1. The minimum absolute atomic E-state index is 0.0184. The van der Waals surface area contributed by atoms with Gasteiger partial charge in [-0.2, -0.15) is 0 Å². The Bertz CT molecular complexity index is 1270. The fourth-order valence-electron chi connectivity index (χ4n) is 5.01. The lowest BCUT2D eigenvalue weighted by molar-refractivity contribution is 0.227. The van der Waals surface area contributed by atoms with Gasteiger partial charge in [0.25, 0.3) is 10.0 Å². The molecule has 2 aliphatic rings. The monoisotopic (exact) mass is 427 g/mol. The Morgan fingerprint density at radius 3 is 2.59 bits per heavy atom. The van der Waals surface area contributed by atoms with Crippen LogP contribution in [0.3, 0.4) is 0 Å². The molecule has 7 heteroatoms. The number of hydrogen-bond acceptors (Lipinski definition) is 4. The largest absolute Gasteiger partial charge is 0.278 e. The number of rotatable bonds is 3. The smallest absolute Gasteiger partial charge is 0.262 e. The fourth-order valence-corrected chi connectivity index (χ4v) is 6.35. The van der Waals surface area contributed by atoms with Crippen molar-refractivity contribution >= 4 is 38.3 Å². The highest BCUT2D eigenvalue weighted by atomic mass is 35.5. The molecule has 1 heterocycles. The van der Waals surface area contributed by atoms with E-state index in [0.717, 1.165) is 29.7 Å². The second-order valence-electron chi connectivity index (χ2n) is 8.84. The summed E-state index contributed by atoms with van der Waals surface area (Å²) in [6, 6.07) is 11.7. The van der Waals surface area contributed by atoms with Gasteiger partial charge in [0.2, 0.25) is 0 Å². The molecule has 5 nitrogen and oxygen atoms in total. The zero-order valence-corrected chi connectivity index (χ0v) is 18.1. The summed E-state index contributed by atoms with van der Waals surface area (Å²) in [6.45, 7) is 6.87. The highest BCUT2D eigenvalue weighted by Gasteiger charge is 2.61. The average Bonchev–Trinajstić information content (AvgIpc) is 3.00. The molecule has 2 aliphatic carbocycles. The van der Waals surface area contributed by atoms with Gasteiger partial charge >= 0.3 is 0 Å². The highest BCUT2D eigenvalue weighted by Crippen LogP contribution is 2.66. The van der Waals surface area contributed by atoms with E-state index in [9.17, 15) is 8.42 Å². The van der Waals surface area contributed by atoms with Crippen LogP contribution in [0.1, 0.15) is 50.9 Å². The lowest BCUT2D eigenvalue weighted by Gasteiger charge is -2.34. The number of halogens is 1. The quantitative estimate of drug-likeness (QED) is 0.618. The van der Waals surface area contributed by atoms with Gasteiger partial charge in [-0.3, -0.25) is 4.72 Å². The molecule has 0 saturated heterocycles. The Morgan fingerprint density at radius 2 is 1.83 bits per heavy atom. The SMILES string of the molecule is CC1(C)[C@@H]2CC[C@]1(C)c1nc3ccc(S(=O)(=O)Nc4ccccc4Cl)cc3nc12. The molecule has 5 rings (SSSR count). The molecular formula is C22H22ClN3O2S. The molecule has 0 aliphatic heterocycles.